The van der Waals surface area contributed by atoms with Crippen LogP contribution in [0.25, 0.3) is 0 Å². The third kappa shape index (κ3) is 3.04. The van der Waals surface area contributed by atoms with Crippen molar-refractivity contribution >= 4 is 23.7 Å². The van der Waals surface area contributed by atoms with Gasteiger partial charge in [0.25, 0.3) is 0 Å². The average Bonchev–Trinajstić information content (AvgIpc) is 2.31. The summed E-state index contributed by atoms with van der Waals surface area (Å²) < 4.78 is 8.73. The minimum atomic E-state index is -0.742. The van der Waals surface area contributed by atoms with Crippen molar-refractivity contribution in [2.75, 3.05) is 24.9 Å². The summed E-state index contributed by atoms with van der Waals surface area (Å²) in [5, 5.41) is 14.8. The maximum atomic E-state index is 10.9. The molecular formula is C7H9N5O4. The molecule has 2 N–H and O–H groups in total. The largest absolute Gasteiger partial charge is 0.453 e. The maximum absolute atomic E-state index is 10.9. The van der Waals surface area contributed by atoms with Gasteiger partial charge in [-0.1, -0.05) is 0 Å². The predicted molar refractivity (Wildman–Crippen MR) is 51.9 cm³/mol. The summed E-state index contributed by atoms with van der Waals surface area (Å²) in [5.74, 6) is 0.00671. The van der Waals surface area contributed by atoms with E-state index in [1.165, 1.54) is 20.4 Å². The van der Waals surface area contributed by atoms with Gasteiger partial charge in [-0.05, 0) is 5.21 Å². The van der Waals surface area contributed by atoms with Crippen molar-refractivity contribution in [1.82, 2.24) is 15.4 Å². The Balaban J connectivity index is 2.83. The van der Waals surface area contributed by atoms with E-state index < -0.39 is 12.2 Å². The highest BCUT2D eigenvalue weighted by atomic mass is 16.5. The van der Waals surface area contributed by atoms with Crippen LogP contribution in [0.15, 0.2) is 6.20 Å². The molecule has 0 saturated carbocycles. The minimum Gasteiger partial charge on any atom is -0.453 e. The van der Waals surface area contributed by atoms with Crippen LogP contribution in [-0.2, 0) is 9.47 Å². The lowest BCUT2D eigenvalue weighted by molar-refractivity contribution is 0.185. The van der Waals surface area contributed by atoms with E-state index in [4.69, 9.17) is 0 Å². The SMILES string of the molecule is COC(=O)Nc1cnnnc1NC(=O)OC. The third-order valence-corrected chi connectivity index (χ3v) is 1.47. The highest BCUT2D eigenvalue weighted by Crippen LogP contribution is 2.15. The van der Waals surface area contributed by atoms with Gasteiger partial charge in [0, 0.05) is 0 Å². The summed E-state index contributed by atoms with van der Waals surface area (Å²) >= 11 is 0. The second kappa shape index (κ2) is 5.44. The molecule has 0 aliphatic rings. The molecule has 0 radical (unpaired) electrons. The average molecular weight is 227 g/mol. The number of methoxy groups -OCH3 is 2. The summed E-state index contributed by atoms with van der Waals surface area (Å²) in [6.45, 7) is 0. The Hall–Kier alpha value is -2.45. The van der Waals surface area contributed by atoms with Gasteiger partial charge in [0.05, 0.1) is 20.4 Å². The van der Waals surface area contributed by atoms with Crippen LogP contribution >= 0.6 is 0 Å². The number of carbonyl (C=O) groups excluding carboxylic acids is 2. The monoisotopic (exact) mass is 227 g/mol. The molecule has 0 aromatic carbocycles. The molecule has 2 amide bonds. The Morgan fingerprint density at radius 1 is 1.19 bits per heavy atom. The molecule has 1 aromatic rings. The van der Waals surface area contributed by atoms with Crippen LogP contribution in [-0.4, -0.2) is 41.8 Å². The Morgan fingerprint density at radius 2 is 1.81 bits per heavy atom. The Kier molecular flexibility index (Phi) is 3.95. The molecule has 0 aliphatic carbocycles. The molecule has 1 heterocycles. The van der Waals surface area contributed by atoms with E-state index in [0.717, 1.165) is 0 Å². The highest BCUT2D eigenvalue weighted by Gasteiger charge is 2.11. The number of anilines is 2. The van der Waals surface area contributed by atoms with Gasteiger partial charge in [-0.25, -0.2) is 9.59 Å². The predicted octanol–water partition coefficient (Wildman–Crippen LogP) is 0.228. The number of rotatable bonds is 2. The van der Waals surface area contributed by atoms with Gasteiger partial charge in [0.15, 0.2) is 5.82 Å². The summed E-state index contributed by atoms with van der Waals surface area (Å²) in [5.41, 5.74) is 0.146. The lowest BCUT2D eigenvalue weighted by Gasteiger charge is -2.07. The van der Waals surface area contributed by atoms with Gasteiger partial charge in [-0.2, -0.15) is 0 Å². The first-order chi connectivity index (χ1) is 7.67. The van der Waals surface area contributed by atoms with Crippen molar-refractivity contribution in [2.24, 2.45) is 0 Å². The number of ether oxygens (including phenoxy) is 2. The van der Waals surface area contributed by atoms with E-state index in [1.54, 1.807) is 0 Å². The fourth-order valence-corrected chi connectivity index (χ4v) is 0.762. The van der Waals surface area contributed by atoms with Crippen molar-refractivity contribution in [3.05, 3.63) is 6.20 Å². The summed E-state index contributed by atoms with van der Waals surface area (Å²) in [7, 11) is 2.39. The second-order valence-corrected chi connectivity index (χ2v) is 2.43. The summed E-state index contributed by atoms with van der Waals surface area (Å²) in [6, 6.07) is 0. The quantitative estimate of drug-likeness (QED) is 0.742. The molecule has 9 nitrogen and oxygen atoms in total. The van der Waals surface area contributed by atoms with Crippen LogP contribution in [0.4, 0.5) is 21.1 Å². The summed E-state index contributed by atoms with van der Waals surface area (Å²) in [4.78, 5) is 21.9. The molecule has 0 saturated heterocycles. The Morgan fingerprint density at radius 3 is 2.44 bits per heavy atom. The van der Waals surface area contributed by atoms with E-state index >= 15 is 0 Å². The molecule has 0 bridgehead atoms. The number of amides is 2. The molecule has 0 aliphatic heterocycles. The number of hydrogen-bond acceptors (Lipinski definition) is 7. The summed E-state index contributed by atoms with van der Waals surface area (Å²) in [6.07, 6.45) is -0.258. The zero-order valence-corrected chi connectivity index (χ0v) is 8.55. The smallest absolute Gasteiger partial charge is 0.412 e. The van der Waals surface area contributed by atoms with E-state index in [-0.39, 0.29) is 11.5 Å². The zero-order valence-electron chi connectivity index (χ0n) is 8.55. The molecule has 86 valence electrons. The number of nitrogens with one attached hydrogen (secondary N) is 2. The second-order valence-electron chi connectivity index (χ2n) is 2.43. The van der Waals surface area contributed by atoms with Crippen LogP contribution in [0, 0.1) is 0 Å². The topological polar surface area (TPSA) is 115 Å². The van der Waals surface area contributed by atoms with Crippen LogP contribution in [0.2, 0.25) is 0 Å². The molecule has 1 rings (SSSR count). The molecule has 16 heavy (non-hydrogen) atoms. The lowest BCUT2D eigenvalue weighted by Crippen LogP contribution is -2.18. The van der Waals surface area contributed by atoms with Gasteiger partial charge in [0.2, 0.25) is 0 Å². The van der Waals surface area contributed by atoms with Gasteiger partial charge < -0.3 is 9.47 Å². The van der Waals surface area contributed by atoms with Gasteiger partial charge in [-0.3, -0.25) is 10.6 Å². The number of nitrogens with zero attached hydrogens (tertiary/aromatic N) is 3. The van der Waals surface area contributed by atoms with Crippen LogP contribution in [0.5, 0.6) is 0 Å². The maximum Gasteiger partial charge on any atom is 0.412 e. The highest BCUT2D eigenvalue weighted by molar-refractivity contribution is 5.93. The first-order valence-corrected chi connectivity index (χ1v) is 4.05. The van der Waals surface area contributed by atoms with Crippen molar-refractivity contribution in [2.45, 2.75) is 0 Å². The van der Waals surface area contributed by atoms with E-state index in [2.05, 4.69) is 35.5 Å². The lowest BCUT2D eigenvalue weighted by atomic mass is 10.5. The van der Waals surface area contributed by atoms with Crippen molar-refractivity contribution in [3.8, 4) is 0 Å². The Labute approximate surface area is 90.1 Å². The van der Waals surface area contributed by atoms with Gasteiger partial charge in [0.1, 0.15) is 5.69 Å². The molecular weight excluding hydrogens is 218 g/mol. The van der Waals surface area contributed by atoms with Crippen LogP contribution < -0.4 is 10.6 Å². The van der Waals surface area contributed by atoms with Crippen LogP contribution in [0.1, 0.15) is 0 Å². The fourth-order valence-electron chi connectivity index (χ4n) is 0.762. The molecule has 0 fully saturated rings. The fraction of sp³-hybridized carbons (Fsp3) is 0.286. The standard InChI is InChI=1S/C7H9N5O4/c1-15-6(13)9-4-3-8-12-11-5(4)10-7(14)16-2/h3H,1-2H3,(H,9,12,13)(H,8,10,11,14). The molecule has 0 spiro atoms. The third-order valence-electron chi connectivity index (χ3n) is 1.47. The Bertz CT molecular complexity index is 359. The zero-order chi connectivity index (χ0) is 12.0. The van der Waals surface area contributed by atoms with Crippen LogP contribution in [0.3, 0.4) is 0 Å². The molecule has 9 heteroatoms. The first kappa shape index (κ1) is 11.6. The molecule has 0 atom stereocenters. The first-order valence-electron chi connectivity index (χ1n) is 4.05. The molecule has 0 unspecified atom stereocenters. The minimum absolute atomic E-state index is 0.00671. The normalized spacial score (nSPS) is 9.12. The van der Waals surface area contributed by atoms with Crippen molar-refractivity contribution < 1.29 is 19.1 Å². The van der Waals surface area contributed by atoms with Crippen molar-refractivity contribution in [3.63, 3.8) is 0 Å². The van der Waals surface area contributed by atoms with E-state index in [1.807, 2.05) is 0 Å². The number of aromatic nitrogens is 3. The van der Waals surface area contributed by atoms with Gasteiger partial charge in [-0.15, -0.1) is 10.2 Å². The molecule has 1 aromatic heterocycles. The van der Waals surface area contributed by atoms with Crippen molar-refractivity contribution in [1.29, 1.82) is 0 Å². The van der Waals surface area contributed by atoms with E-state index in [0.29, 0.717) is 0 Å². The van der Waals surface area contributed by atoms with E-state index in [9.17, 15) is 9.59 Å². The number of carbonyl (C=O) groups is 2. The number of hydrogen-bond donors (Lipinski definition) is 2. The van der Waals surface area contributed by atoms with Gasteiger partial charge >= 0.3 is 12.2 Å².